The summed E-state index contributed by atoms with van der Waals surface area (Å²) in [4.78, 5) is 0. The maximum Gasteiger partial charge on any atom is 0.170 e. The molecular weight excluding hydrogens is 248 g/mol. The van der Waals surface area contributed by atoms with Crippen molar-refractivity contribution in [1.82, 2.24) is 0 Å². The Morgan fingerprint density at radius 2 is 2.11 bits per heavy atom. The first-order valence-electron chi connectivity index (χ1n) is 5.66. The minimum Gasteiger partial charge on any atom is -0.496 e. The van der Waals surface area contributed by atoms with E-state index in [2.05, 4.69) is 25.9 Å². The van der Waals surface area contributed by atoms with Crippen LogP contribution in [0, 0.1) is 0 Å². The summed E-state index contributed by atoms with van der Waals surface area (Å²) in [7, 11) is 1.64. The molecule has 0 atom stereocenters. The lowest BCUT2D eigenvalue weighted by atomic mass is 10.1. The van der Waals surface area contributed by atoms with Crippen molar-refractivity contribution < 1.29 is 9.94 Å². The number of hydrogen-bond acceptors (Lipinski definition) is 4. The number of thioether (sulfide) groups is 1. The quantitative estimate of drug-likeness (QED) is 0.381. The molecule has 0 saturated heterocycles. The topological polar surface area (TPSA) is 67.8 Å². The first kappa shape index (κ1) is 14.7. The molecule has 3 N–H and O–H groups in total. The van der Waals surface area contributed by atoms with E-state index in [9.17, 15) is 0 Å². The van der Waals surface area contributed by atoms with Crippen LogP contribution >= 0.6 is 11.8 Å². The Balaban J connectivity index is 2.99. The van der Waals surface area contributed by atoms with Crippen molar-refractivity contribution in [3.8, 4) is 5.75 Å². The van der Waals surface area contributed by atoms with Gasteiger partial charge in [0.2, 0.25) is 0 Å². The second kappa shape index (κ2) is 6.00. The Kier molecular flexibility index (Phi) is 4.90. The zero-order valence-corrected chi connectivity index (χ0v) is 12.0. The van der Waals surface area contributed by atoms with E-state index in [0.29, 0.717) is 5.56 Å². The number of amidine groups is 1. The molecule has 0 saturated carbocycles. The lowest BCUT2D eigenvalue weighted by Crippen LogP contribution is -2.14. The normalized spacial score (nSPS) is 12.6. The van der Waals surface area contributed by atoms with Crippen molar-refractivity contribution in [3.63, 3.8) is 0 Å². The summed E-state index contributed by atoms with van der Waals surface area (Å²) in [6.07, 6.45) is 0. The van der Waals surface area contributed by atoms with Crippen LogP contribution in [0.5, 0.6) is 5.75 Å². The van der Waals surface area contributed by atoms with E-state index < -0.39 is 0 Å². The highest BCUT2D eigenvalue weighted by Crippen LogP contribution is 2.31. The minimum absolute atomic E-state index is 0.111. The lowest BCUT2D eigenvalue weighted by molar-refractivity contribution is 0.318. The second-order valence-electron chi connectivity index (χ2n) is 4.91. The highest BCUT2D eigenvalue weighted by Gasteiger charge is 2.13. The summed E-state index contributed by atoms with van der Waals surface area (Å²) in [6.45, 7) is 6.49. The van der Waals surface area contributed by atoms with Crippen LogP contribution < -0.4 is 10.5 Å². The van der Waals surface area contributed by atoms with Gasteiger partial charge in [0.15, 0.2) is 5.84 Å². The van der Waals surface area contributed by atoms with E-state index in [4.69, 9.17) is 15.7 Å². The molecule has 0 aliphatic heterocycles. The second-order valence-corrected chi connectivity index (χ2v) is 6.72. The maximum atomic E-state index is 8.69. The highest BCUT2D eigenvalue weighted by molar-refractivity contribution is 7.99. The van der Waals surface area contributed by atoms with Gasteiger partial charge in [0.25, 0.3) is 0 Å². The van der Waals surface area contributed by atoms with Gasteiger partial charge in [0.1, 0.15) is 5.75 Å². The molecule has 0 heterocycles. The predicted octanol–water partition coefficient (Wildman–Crippen LogP) is 2.82. The van der Waals surface area contributed by atoms with E-state index >= 15 is 0 Å². The Morgan fingerprint density at radius 1 is 1.44 bits per heavy atom. The molecule has 18 heavy (non-hydrogen) atoms. The van der Waals surface area contributed by atoms with Gasteiger partial charge in [-0.15, -0.1) is 0 Å². The van der Waals surface area contributed by atoms with Crippen LogP contribution in [0.2, 0.25) is 0 Å². The van der Waals surface area contributed by atoms with Gasteiger partial charge in [-0.3, -0.25) is 0 Å². The fraction of sp³-hybridized carbons (Fsp3) is 0.462. The molecule has 0 aliphatic carbocycles. The molecule has 0 amide bonds. The van der Waals surface area contributed by atoms with Gasteiger partial charge >= 0.3 is 0 Å². The van der Waals surface area contributed by atoms with Gasteiger partial charge < -0.3 is 15.7 Å². The lowest BCUT2D eigenvalue weighted by Gasteiger charge is -2.19. The summed E-state index contributed by atoms with van der Waals surface area (Å²) < 4.78 is 5.50. The van der Waals surface area contributed by atoms with Crippen LogP contribution in [-0.4, -0.2) is 22.9 Å². The Labute approximate surface area is 112 Å². The van der Waals surface area contributed by atoms with Crippen molar-refractivity contribution in [3.05, 3.63) is 29.3 Å². The molecule has 0 fully saturated rings. The number of oxime groups is 1. The molecule has 100 valence electrons. The number of methoxy groups -OCH3 is 1. The molecule has 0 radical (unpaired) electrons. The van der Waals surface area contributed by atoms with Gasteiger partial charge in [-0.1, -0.05) is 25.9 Å². The van der Waals surface area contributed by atoms with Crippen molar-refractivity contribution >= 4 is 17.6 Å². The Bertz CT molecular complexity index is 439. The highest BCUT2D eigenvalue weighted by atomic mass is 32.2. The third-order valence-corrected chi connectivity index (χ3v) is 3.67. The Hall–Kier alpha value is -1.36. The summed E-state index contributed by atoms with van der Waals surface area (Å²) >= 11 is 1.82. The monoisotopic (exact) mass is 268 g/mol. The molecule has 0 bridgehead atoms. The van der Waals surface area contributed by atoms with E-state index in [0.717, 1.165) is 17.1 Å². The van der Waals surface area contributed by atoms with E-state index in [1.807, 2.05) is 23.9 Å². The van der Waals surface area contributed by atoms with E-state index in [1.54, 1.807) is 13.2 Å². The van der Waals surface area contributed by atoms with Crippen molar-refractivity contribution in [2.24, 2.45) is 10.9 Å². The summed E-state index contributed by atoms with van der Waals surface area (Å²) in [5.41, 5.74) is 7.33. The standard InChI is InChI=1S/C13H20N2O2S/c1-13(2,3)18-8-10-7-9(12(14)15-16)5-6-11(10)17-4/h5-7,16H,8H2,1-4H3,(H2,14,15). The minimum atomic E-state index is 0.111. The fourth-order valence-corrected chi connectivity index (χ4v) is 2.22. The number of rotatable bonds is 4. The molecular formula is C13H20N2O2S. The molecule has 0 aliphatic rings. The van der Waals surface area contributed by atoms with Gasteiger partial charge in [-0.25, -0.2) is 0 Å². The first-order chi connectivity index (χ1) is 8.37. The van der Waals surface area contributed by atoms with Crippen molar-refractivity contribution in [1.29, 1.82) is 0 Å². The number of benzene rings is 1. The molecule has 0 aromatic heterocycles. The summed E-state index contributed by atoms with van der Waals surface area (Å²) in [6, 6.07) is 5.51. The van der Waals surface area contributed by atoms with Crippen LogP contribution in [0.3, 0.4) is 0 Å². The van der Waals surface area contributed by atoms with Gasteiger partial charge in [-0.2, -0.15) is 11.8 Å². The SMILES string of the molecule is COc1ccc(/C(N)=N/O)cc1CSC(C)(C)C. The molecule has 4 nitrogen and oxygen atoms in total. The molecule has 1 aromatic rings. The summed E-state index contributed by atoms with van der Waals surface area (Å²) in [5, 5.41) is 11.7. The summed E-state index contributed by atoms with van der Waals surface area (Å²) in [5.74, 6) is 1.75. The van der Waals surface area contributed by atoms with Crippen molar-refractivity contribution in [2.45, 2.75) is 31.3 Å². The van der Waals surface area contributed by atoms with Crippen LogP contribution in [0.25, 0.3) is 0 Å². The molecule has 1 aromatic carbocycles. The molecule has 0 unspecified atom stereocenters. The van der Waals surface area contributed by atoms with Crippen LogP contribution in [0.1, 0.15) is 31.9 Å². The largest absolute Gasteiger partial charge is 0.496 e. The van der Waals surface area contributed by atoms with E-state index in [1.165, 1.54) is 0 Å². The third kappa shape index (κ3) is 4.14. The average molecular weight is 268 g/mol. The number of nitrogens with two attached hydrogens (primary N) is 1. The van der Waals surface area contributed by atoms with Crippen LogP contribution in [0.4, 0.5) is 0 Å². The Morgan fingerprint density at radius 3 is 2.61 bits per heavy atom. The zero-order chi connectivity index (χ0) is 13.8. The average Bonchev–Trinajstić information content (AvgIpc) is 2.34. The fourth-order valence-electron chi connectivity index (χ4n) is 1.40. The zero-order valence-electron chi connectivity index (χ0n) is 11.2. The van der Waals surface area contributed by atoms with Crippen molar-refractivity contribution in [2.75, 3.05) is 7.11 Å². The van der Waals surface area contributed by atoms with Gasteiger partial charge in [0.05, 0.1) is 7.11 Å². The molecule has 5 heteroatoms. The smallest absolute Gasteiger partial charge is 0.170 e. The van der Waals surface area contributed by atoms with E-state index in [-0.39, 0.29) is 10.6 Å². The molecule has 0 spiro atoms. The predicted molar refractivity (Wildman–Crippen MR) is 76.6 cm³/mol. The molecule has 1 rings (SSSR count). The number of hydrogen-bond donors (Lipinski definition) is 2. The number of nitrogens with zero attached hydrogens (tertiary/aromatic N) is 1. The van der Waals surface area contributed by atoms with Gasteiger partial charge in [0, 0.05) is 21.6 Å². The third-order valence-electron chi connectivity index (χ3n) is 2.34. The van der Waals surface area contributed by atoms with Crippen LogP contribution in [-0.2, 0) is 5.75 Å². The van der Waals surface area contributed by atoms with Crippen LogP contribution in [0.15, 0.2) is 23.4 Å². The van der Waals surface area contributed by atoms with Gasteiger partial charge in [-0.05, 0) is 18.2 Å². The maximum absolute atomic E-state index is 8.69. The first-order valence-corrected chi connectivity index (χ1v) is 6.64. The number of ether oxygens (including phenoxy) is 1.